The average molecular weight is 236 g/mol. The minimum atomic E-state index is 0.0867. The summed E-state index contributed by atoms with van der Waals surface area (Å²) in [5.74, 6) is 0.0867. The number of rotatable bonds is 4. The predicted molar refractivity (Wildman–Crippen MR) is 75.5 cm³/mol. The van der Waals surface area contributed by atoms with Crippen LogP contribution in [-0.4, -0.2) is 5.78 Å². The Hall–Kier alpha value is -2.15. The van der Waals surface area contributed by atoms with Gasteiger partial charge >= 0.3 is 0 Å². The van der Waals surface area contributed by atoms with Gasteiger partial charge in [-0.1, -0.05) is 73.7 Å². The summed E-state index contributed by atoms with van der Waals surface area (Å²) in [4.78, 5) is 12.5. The summed E-state index contributed by atoms with van der Waals surface area (Å²) in [5.41, 5.74) is 2.50. The normalized spacial score (nSPS) is 11.3. The third kappa shape index (κ3) is 2.75. The van der Waals surface area contributed by atoms with Crippen LogP contribution in [0.3, 0.4) is 0 Å². The van der Waals surface area contributed by atoms with Gasteiger partial charge in [-0.3, -0.25) is 4.79 Å². The van der Waals surface area contributed by atoms with Crippen LogP contribution in [-0.2, 0) is 0 Å². The van der Waals surface area contributed by atoms with E-state index in [4.69, 9.17) is 0 Å². The van der Waals surface area contributed by atoms with E-state index in [1.807, 2.05) is 73.7 Å². The van der Waals surface area contributed by atoms with Crippen LogP contribution in [0.2, 0.25) is 0 Å². The Bertz CT molecular complexity index is 538. The maximum absolute atomic E-state index is 12.5. The first-order chi connectivity index (χ1) is 8.83. The molecule has 0 bridgehead atoms. The maximum atomic E-state index is 12.5. The molecule has 1 heteroatoms. The quantitative estimate of drug-likeness (QED) is 0.569. The zero-order valence-electron chi connectivity index (χ0n) is 10.5. The zero-order valence-corrected chi connectivity index (χ0v) is 10.5. The number of ketones is 1. The highest BCUT2D eigenvalue weighted by atomic mass is 16.1. The van der Waals surface area contributed by atoms with Crippen molar-refractivity contribution < 1.29 is 4.79 Å². The van der Waals surface area contributed by atoms with Gasteiger partial charge in [0.2, 0.25) is 0 Å². The van der Waals surface area contributed by atoms with Crippen molar-refractivity contribution in [2.75, 3.05) is 0 Å². The van der Waals surface area contributed by atoms with Gasteiger partial charge in [0, 0.05) is 11.1 Å². The van der Waals surface area contributed by atoms with Crippen LogP contribution in [0.4, 0.5) is 0 Å². The van der Waals surface area contributed by atoms with Crippen molar-refractivity contribution in [3.05, 3.63) is 77.9 Å². The molecule has 2 aromatic rings. The van der Waals surface area contributed by atoms with E-state index < -0.39 is 0 Å². The standard InChI is InChI=1S/C17H16O/c1-2-9-16(14-10-5-3-6-11-14)17(18)15-12-7-4-8-13-15/h3-13H,2H2,1H3. The minimum Gasteiger partial charge on any atom is -0.289 e. The number of benzene rings is 2. The average Bonchev–Trinajstić information content (AvgIpc) is 2.46. The fourth-order valence-corrected chi connectivity index (χ4v) is 1.91. The first-order valence-corrected chi connectivity index (χ1v) is 6.18. The van der Waals surface area contributed by atoms with E-state index in [1.165, 1.54) is 0 Å². The summed E-state index contributed by atoms with van der Waals surface area (Å²) < 4.78 is 0. The molecule has 18 heavy (non-hydrogen) atoms. The lowest BCUT2D eigenvalue weighted by atomic mass is 9.96. The lowest BCUT2D eigenvalue weighted by Gasteiger charge is -2.07. The zero-order chi connectivity index (χ0) is 12.8. The largest absolute Gasteiger partial charge is 0.289 e. The van der Waals surface area contributed by atoms with E-state index in [0.29, 0.717) is 0 Å². The second-order valence-electron chi connectivity index (χ2n) is 4.09. The molecule has 2 rings (SSSR count). The molecule has 0 fully saturated rings. The van der Waals surface area contributed by atoms with Crippen molar-refractivity contribution in [2.45, 2.75) is 13.3 Å². The SMILES string of the molecule is CCC=C(C(=O)c1ccccc1)c1ccccc1. The first kappa shape index (κ1) is 12.3. The predicted octanol–water partition coefficient (Wildman–Crippen LogP) is 4.36. The van der Waals surface area contributed by atoms with Gasteiger partial charge in [-0.2, -0.15) is 0 Å². The molecule has 1 nitrogen and oxygen atoms in total. The molecule has 0 N–H and O–H groups in total. The van der Waals surface area contributed by atoms with E-state index >= 15 is 0 Å². The highest BCUT2D eigenvalue weighted by Crippen LogP contribution is 2.20. The van der Waals surface area contributed by atoms with Crippen molar-refractivity contribution in [1.29, 1.82) is 0 Å². The molecule has 0 unspecified atom stereocenters. The number of hydrogen-bond donors (Lipinski definition) is 0. The minimum absolute atomic E-state index is 0.0867. The molecule has 0 aliphatic carbocycles. The molecule has 0 amide bonds. The van der Waals surface area contributed by atoms with Gasteiger partial charge in [-0.05, 0) is 12.0 Å². The monoisotopic (exact) mass is 236 g/mol. The van der Waals surface area contributed by atoms with Crippen LogP contribution in [0.1, 0.15) is 29.3 Å². The Kier molecular flexibility index (Phi) is 4.08. The van der Waals surface area contributed by atoms with Crippen molar-refractivity contribution in [1.82, 2.24) is 0 Å². The van der Waals surface area contributed by atoms with Gasteiger partial charge in [0.1, 0.15) is 0 Å². The van der Waals surface area contributed by atoms with Gasteiger partial charge < -0.3 is 0 Å². The van der Waals surface area contributed by atoms with Crippen LogP contribution < -0.4 is 0 Å². The molecule has 0 aliphatic rings. The van der Waals surface area contributed by atoms with Gasteiger partial charge in [-0.25, -0.2) is 0 Å². The van der Waals surface area contributed by atoms with Crippen molar-refractivity contribution in [3.63, 3.8) is 0 Å². The molecule has 2 aromatic carbocycles. The first-order valence-electron chi connectivity index (χ1n) is 6.18. The highest BCUT2D eigenvalue weighted by molar-refractivity contribution is 6.28. The summed E-state index contributed by atoms with van der Waals surface area (Å²) in [5, 5.41) is 0. The van der Waals surface area contributed by atoms with E-state index in [2.05, 4.69) is 0 Å². The second-order valence-corrected chi connectivity index (χ2v) is 4.09. The summed E-state index contributed by atoms with van der Waals surface area (Å²) in [6.07, 6.45) is 2.84. The fourth-order valence-electron chi connectivity index (χ4n) is 1.91. The van der Waals surface area contributed by atoms with Gasteiger partial charge in [0.15, 0.2) is 5.78 Å². The fraction of sp³-hybridized carbons (Fsp3) is 0.118. The van der Waals surface area contributed by atoms with E-state index in [9.17, 15) is 4.79 Å². The van der Waals surface area contributed by atoms with Crippen LogP contribution in [0.15, 0.2) is 66.7 Å². The smallest absolute Gasteiger partial charge is 0.193 e. The Balaban J connectivity index is 2.39. The maximum Gasteiger partial charge on any atom is 0.193 e. The third-order valence-corrected chi connectivity index (χ3v) is 2.77. The molecule has 0 spiro atoms. The third-order valence-electron chi connectivity index (χ3n) is 2.77. The van der Waals surface area contributed by atoms with Crippen molar-refractivity contribution >= 4 is 11.4 Å². The Morgan fingerprint density at radius 1 is 0.889 bits per heavy atom. The van der Waals surface area contributed by atoms with Gasteiger partial charge in [0.05, 0.1) is 0 Å². The van der Waals surface area contributed by atoms with Gasteiger partial charge in [-0.15, -0.1) is 0 Å². The molecule has 0 saturated heterocycles. The summed E-state index contributed by atoms with van der Waals surface area (Å²) in [7, 11) is 0. The molecule has 0 aromatic heterocycles. The van der Waals surface area contributed by atoms with Crippen LogP contribution >= 0.6 is 0 Å². The van der Waals surface area contributed by atoms with Gasteiger partial charge in [0.25, 0.3) is 0 Å². The Labute approximate surface area is 108 Å². The number of Topliss-reactive ketones (excluding diaryl/α,β-unsaturated/α-hetero) is 1. The Morgan fingerprint density at radius 3 is 1.89 bits per heavy atom. The van der Waals surface area contributed by atoms with E-state index in [-0.39, 0.29) is 5.78 Å². The van der Waals surface area contributed by atoms with Crippen LogP contribution in [0.25, 0.3) is 5.57 Å². The molecule has 0 aliphatic heterocycles. The van der Waals surface area contributed by atoms with E-state index in [0.717, 1.165) is 23.1 Å². The number of carbonyl (C=O) groups excluding carboxylic acids is 1. The lowest BCUT2D eigenvalue weighted by molar-refractivity contribution is 0.105. The Morgan fingerprint density at radius 2 is 1.39 bits per heavy atom. The van der Waals surface area contributed by atoms with Crippen molar-refractivity contribution in [2.24, 2.45) is 0 Å². The van der Waals surface area contributed by atoms with Crippen LogP contribution in [0.5, 0.6) is 0 Å². The molecule has 0 saturated carbocycles. The molecule has 0 heterocycles. The molecular formula is C17H16O. The number of allylic oxidation sites excluding steroid dienone is 2. The summed E-state index contributed by atoms with van der Waals surface area (Å²) in [6, 6.07) is 19.2. The highest BCUT2D eigenvalue weighted by Gasteiger charge is 2.12. The molecule has 0 atom stereocenters. The molecule has 90 valence electrons. The van der Waals surface area contributed by atoms with Crippen molar-refractivity contribution in [3.8, 4) is 0 Å². The van der Waals surface area contributed by atoms with E-state index in [1.54, 1.807) is 0 Å². The molecular weight excluding hydrogens is 220 g/mol. The lowest BCUT2D eigenvalue weighted by Crippen LogP contribution is -2.02. The molecule has 0 radical (unpaired) electrons. The summed E-state index contributed by atoms with van der Waals surface area (Å²) >= 11 is 0. The second kappa shape index (κ2) is 5.97. The number of hydrogen-bond acceptors (Lipinski definition) is 1. The van der Waals surface area contributed by atoms with Crippen LogP contribution in [0, 0.1) is 0 Å². The number of carbonyl (C=O) groups is 1. The topological polar surface area (TPSA) is 17.1 Å². The summed E-state index contributed by atoms with van der Waals surface area (Å²) in [6.45, 7) is 2.04.